The molecule has 3 nitrogen and oxygen atoms in total. The van der Waals surface area contributed by atoms with Gasteiger partial charge in [0.2, 0.25) is 0 Å². The van der Waals surface area contributed by atoms with Crippen LogP contribution in [0.3, 0.4) is 0 Å². The number of hydrogen-bond donors (Lipinski definition) is 2. The van der Waals surface area contributed by atoms with Crippen LogP contribution >= 0.6 is 7.60 Å². The Labute approximate surface area is 162 Å². The monoisotopic (exact) mass is 384 g/mol. The van der Waals surface area contributed by atoms with Crippen molar-refractivity contribution >= 4 is 24.5 Å². The van der Waals surface area contributed by atoms with Crippen molar-refractivity contribution in [2.24, 2.45) is 5.92 Å². The van der Waals surface area contributed by atoms with Gasteiger partial charge < -0.3 is 9.79 Å². The molecule has 0 saturated carbocycles. The van der Waals surface area contributed by atoms with E-state index in [0.29, 0.717) is 5.92 Å². The Morgan fingerprint density at radius 1 is 0.963 bits per heavy atom. The van der Waals surface area contributed by atoms with Crippen LogP contribution in [0.25, 0.3) is 11.6 Å². The molecule has 0 aliphatic heterocycles. The van der Waals surface area contributed by atoms with Gasteiger partial charge in [-0.2, -0.15) is 0 Å². The van der Waals surface area contributed by atoms with Crippen molar-refractivity contribution in [1.29, 1.82) is 0 Å². The zero-order valence-corrected chi connectivity index (χ0v) is 17.8. The maximum absolute atomic E-state index is 11.3. The van der Waals surface area contributed by atoms with Crippen molar-refractivity contribution in [2.45, 2.75) is 52.4 Å². The number of rotatable bonds is 3. The Morgan fingerprint density at radius 3 is 2.07 bits per heavy atom. The van der Waals surface area contributed by atoms with Gasteiger partial charge in [0, 0.05) is 0 Å². The highest BCUT2D eigenvalue weighted by Gasteiger charge is 2.48. The van der Waals surface area contributed by atoms with E-state index in [-0.39, 0.29) is 16.1 Å². The molecular weight excluding hydrogens is 355 g/mol. The lowest BCUT2D eigenvalue weighted by atomic mass is 9.71. The maximum Gasteiger partial charge on any atom is 0.356 e. The fourth-order valence-electron chi connectivity index (χ4n) is 4.35. The summed E-state index contributed by atoms with van der Waals surface area (Å²) in [5.41, 5.74) is 6.39. The molecule has 144 valence electrons. The van der Waals surface area contributed by atoms with Crippen LogP contribution in [0.1, 0.15) is 63.8 Å². The van der Waals surface area contributed by atoms with Crippen LogP contribution in [0, 0.1) is 5.92 Å². The van der Waals surface area contributed by atoms with Crippen molar-refractivity contribution in [2.75, 3.05) is 0 Å². The Bertz CT molecular complexity index is 946. The molecule has 2 aromatic rings. The number of benzene rings is 2. The average molecular weight is 384 g/mol. The van der Waals surface area contributed by atoms with Gasteiger partial charge in [-0.05, 0) is 63.6 Å². The van der Waals surface area contributed by atoms with Crippen molar-refractivity contribution in [3.05, 3.63) is 64.7 Å². The molecule has 0 bridgehead atoms. The van der Waals surface area contributed by atoms with E-state index in [0.717, 1.165) is 11.1 Å². The summed E-state index contributed by atoms with van der Waals surface area (Å²) in [6, 6.07) is 13.3. The summed E-state index contributed by atoms with van der Waals surface area (Å²) >= 11 is 0. The van der Waals surface area contributed by atoms with Crippen molar-refractivity contribution in [3.8, 4) is 0 Å². The molecule has 27 heavy (non-hydrogen) atoms. The molecule has 0 saturated heterocycles. The molecule has 0 fully saturated rings. The summed E-state index contributed by atoms with van der Waals surface area (Å²) in [6.07, 6.45) is 2.06. The van der Waals surface area contributed by atoms with E-state index in [4.69, 9.17) is 0 Å². The largest absolute Gasteiger partial charge is 0.356 e. The van der Waals surface area contributed by atoms with Crippen molar-refractivity contribution in [1.82, 2.24) is 0 Å². The summed E-state index contributed by atoms with van der Waals surface area (Å²) < 4.78 is 11.3. The average Bonchev–Trinajstić information content (AvgIpc) is 2.72. The standard InChI is InChI=1S/C23H29O3P/c1-15(13-17-7-10-19(11-8-17)27(24,25)26)18-9-12-20-21(14-18)23(5,6)16(2)22(20,3)4/h7-14,16H,1-6H3,(H2,24,25,26)/b15-13+. The maximum atomic E-state index is 11.3. The predicted octanol–water partition coefficient (Wildman–Crippen LogP) is 5.26. The fourth-order valence-corrected chi connectivity index (χ4v) is 4.89. The normalized spacial score (nSPS) is 21.2. The SMILES string of the molecule is C/C(=C\c1ccc(P(=O)(O)O)cc1)c1ccc2c(c1)C(C)(C)C(C)C2(C)C. The third kappa shape index (κ3) is 3.45. The quantitative estimate of drug-likeness (QED) is 0.561. The van der Waals surface area contributed by atoms with E-state index in [2.05, 4.69) is 65.8 Å². The molecule has 0 spiro atoms. The molecule has 4 heteroatoms. The van der Waals surface area contributed by atoms with Crippen molar-refractivity contribution in [3.63, 3.8) is 0 Å². The van der Waals surface area contributed by atoms with Crippen LogP contribution in [0.5, 0.6) is 0 Å². The van der Waals surface area contributed by atoms with Gasteiger partial charge in [0.1, 0.15) is 0 Å². The van der Waals surface area contributed by atoms with E-state index in [9.17, 15) is 14.4 Å². The van der Waals surface area contributed by atoms with Gasteiger partial charge in [-0.25, -0.2) is 0 Å². The molecule has 1 unspecified atom stereocenters. The third-order valence-electron chi connectivity index (χ3n) is 6.64. The van der Waals surface area contributed by atoms with Gasteiger partial charge >= 0.3 is 7.60 Å². The molecule has 1 aliphatic carbocycles. The number of fused-ring (bicyclic) bond motifs is 1. The second-order valence-corrected chi connectivity index (χ2v) is 10.5. The highest BCUT2D eigenvalue weighted by Crippen LogP contribution is 2.53. The topological polar surface area (TPSA) is 57.5 Å². The lowest BCUT2D eigenvalue weighted by Crippen LogP contribution is -2.30. The van der Waals surface area contributed by atoms with Gasteiger partial charge in [0.05, 0.1) is 5.30 Å². The second kappa shape index (κ2) is 6.44. The second-order valence-electron chi connectivity index (χ2n) is 8.89. The molecular formula is C23H29O3P. The molecule has 0 amide bonds. The molecule has 3 rings (SSSR count). The summed E-state index contributed by atoms with van der Waals surface area (Å²) in [7, 11) is -4.19. The molecule has 0 radical (unpaired) electrons. The first-order chi connectivity index (χ1) is 12.3. The molecule has 1 aliphatic rings. The predicted molar refractivity (Wildman–Crippen MR) is 113 cm³/mol. The Balaban J connectivity index is 1.98. The van der Waals surface area contributed by atoms with Crippen LogP contribution in [0.2, 0.25) is 0 Å². The summed E-state index contributed by atoms with van der Waals surface area (Å²) in [6.45, 7) is 13.7. The highest BCUT2D eigenvalue weighted by molar-refractivity contribution is 7.60. The first kappa shape index (κ1) is 20.1. The summed E-state index contributed by atoms with van der Waals surface area (Å²) in [5, 5.41) is 0.0489. The fraction of sp³-hybridized carbons (Fsp3) is 0.391. The van der Waals surface area contributed by atoms with Crippen LogP contribution in [-0.2, 0) is 15.4 Å². The van der Waals surface area contributed by atoms with Gasteiger partial charge in [0.15, 0.2) is 0 Å². The number of hydrogen-bond acceptors (Lipinski definition) is 1. The minimum atomic E-state index is -4.19. The minimum Gasteiger partial charge on any atom is -0.321 e. The minimum absolute atomic E-state index is 0.0489. The Morgan fingerprint density at radius 2 is 1.52 bits per heavy atom. The van der Waals surface area contributed by atoms with E-state index >= 15 is 0 Å². The van der Waals surface area contributed by atoms with Gasteiger partial charge in [-0.15, -0.1) is 0 Å². The molecule has 2 aromatic carbocycles. The van der Waals surface area contributed by atoms with Crippen LogP contribution in [0.15, 0.2) is 42.5 Å². The number of allylic oxidation sites excluding steroid dienone is 1. The first-order valence-electron chi connectivity index (χ1n) is 9.35. The lowest BCUT2D eigenvalue weighted by molar-refractivity contribution is 0.264. The van der Waals surface area contributed by atoms with E-state index in [1.54, 1.807) is 12.1 Å². The Kier molecular flexibility index (Phi) is 4.79. The van der Waals surface area contributed by atoms with E-state index < -0.39 is 7.60 Å². The molecule has 0 aromatic heterocycles. The zero-order valence-electron chi connectivity index (χ0n) is 16.9. The molecule has 2 N–H and O–H groups in total. The Hall–Kier alpha value is -1.67. The lowest BCUT2D eigenvalue weighted by Gasteiger charge is -2.32. The smallest absolute Gasteiger partial charge is 0.321 e. The van der Waals surface area contributed by atoms with E-state index in [1.165, 1.54) is 28.8 Å². The molecule has 1 atom stereocenters. The highest BCUT2D eigenvalue weighted by atomic mass is 31.2. The zero-order chi connectivity index (χ0) is 20.2. The van der Waals surface area contributed by atoms with Crippen LogP contribution in [-0.4, -0.2) is 9.79 Å². The van der Waals surface area contributed by atoms with Gasteiger partial charge in [-0.1, -0.05) is 71.0 Å². The first-order valence-corrected chi connectivity index (χ1v) is 11.0. The molecule has 0 heterocycles. The summed E-state index contributed by atoms with van der Waals surface area (Å²) in [4.78, 5) is 18.5. The van der Waals surface area contributed by atoms with E-state index in [1.807, 2.05) is 0 Å². The van der Waals surface area contributed by atoms with Crippen LogP contribution < -0.4 is 5.30 Å². The van der Waals surface area contributed by atoms with Crippen LogP contribution in [0.4, 0.5) is 0 Å². The third-order valence-corrected chi connectivity index (χ3v) is 7.61. The van der Waals surface area contributed by atoms with Crippen molar-refractivity contribution < 1.29 is 14.4 Å². The van der Waals surface area contributed by atoms with Gasteiger partial charge in [-0.3, -0.25) is 4.57 Å². The van der Waals surface area contributed by atoms with Gasteiger partial charge in [0.25, 0.3) is 0 Å². The summed E-state index contributed by atoms with van der Waals surface area (Å²) in [5.74, 6) is 0.555.